The van der Waals surface area contributed by atoms with Crippen LogP contribution in [0.25, 0.3) is 0 Å². The molecule has 6 nitrogen and oxygen atoms in total. The van der Waals surface area contributed by atoms with Crippen molar-refractivity contribution in [2.45, 2.75) is 71.0 Å². The summed E-state index contributed by atoms with van der Waals surface area (Å²) in [7, 11) is 0. The molecule has 0 aromatic carbocycles. The predicted octanol–water partition coefficient (Wildman–Crippen LogP) is 3.72. The van der Waals surface area contributed by atoms with E-state index in [2.05, 4.69) is 6.08 Å². The minimum absolute atomic E-state index is 0.185. The van der Waals surface area contributed by atoms with Crippen LogP contribution in [0.3, 0.4) is 0 Å². The Kier molecular flexibility index (Phi) is 5.02. The highest BCUT2D eigenvalue weighted by molar-refractivity contribution is 5.86. The molecule has 2 aliphatic carbocycles. The van der Waals surface area contributed by atoms with Gasteiger partial charge in [0.05, 0.1) is 0 Å². The lowest BCUT2D eigenvalue weighted by Crippen LogP contribution is -2.65. The summed E-state index contributed by atoms with van der Waals surface area (Å²) in [6.45, 7) is 6.75. The van der Waals surface area contributed by atoms with Crippen molar-refractivity contribution in [1.82, 2.24) is 0 Å². The van der Waals surface area contributed by atoms with Crippen molar-refractivity contribution in [3.05, 3.63) is 35.5 Å². The Bertz CT molecular complexity index is 806. The number of rotatable bonds is 4. The summed E-state index contributed by atoms with van der Waals surface area (Å²) in [4.78, 5) is 36.4. The zero-order valence-corrected chi connectivity index (χ0v) is 16.9. The zero-order chi connectivity index (χ0) is 20.7. The number of cyclic esters (lactones) is 1. The predicted molar refractivity (Wildman–Crippen MR) is 102 cm³/mol. The third kappa shape index (κ3) is 2.99. The Morgan fingerprint density at radius 2 is 2.04 bits per heavy atom. The smallest absolute Gasteiger partial charge is 0.331 e. The molecular formula is C22H28O6. The standard InChI is InChI=1S/C22H28O6/c1-14-7-11-21-12-9-17(22(21,13-8-14)27-16(3)23)20(4,28-19(21)26)10-5-6-15(2)18(24)25/h5-7,10,17H,8-9,11-13H2,1-4H3,(H,24,25)/b10-5+,15-6+/t17-,20-,21+,22-/m0/s1. The fourth-order valence-corrected chi connectivity index (χ4v) is 5.25. The molecule has 0 radical (unpaired) electrons. The first kappa shape index (κ1) is 20.4. The average Bonchev–Trinajstić information content (AvgIpc) is 2.77. The highest BCUT2D eigenvalue weighted by Gasteiger charge is 2.74. The quantitative estimate of drug-likeness (QED) is 0.342. The first-order valence-electron chi connectivity index (χ1n) is 9.74. The largest absolute Gasteiger partial charge is 0.478 e. The van der Waals surface area contributed by atoms with E-state index in [1.54, 1.807) is 12.2 Å². The van der Waals surface area contributed by atoms with E-state index in [9.17, 15) is 14.4 Å². The van der Waals surface area contributed by atoms with Gasteiger partial charge in [-0.1, -0.05) is 23.8 Å². The Balaban J connectivity index is 2.07. The van der Waals surface area contributed by atoms with Crippen molar-refractivity contribution < 1.29 is 29.0 Å². The number of allylic oxidation sites excluding steroid dienone is 4. The summed E-state index contributed by atoms with van der Waals surface area (Å²) in [6.07, 6.45) is 10.1. The average molecular weight is 388 g/mol. The Morgan fingerprint density at radius 3 is 2.68 bits per heavy atom. The zero-order valence-electron chi connectivity index (χ0n) is 16.9. The van der Waals surface area contributed by atoms with E-state index >= 15 is 0 Å². The van der Waals surface area contributed by atoms with Gasteiger partial charge in [-0.25, -0.2) is 4.79 Å². The maximum absolute atomic E-state index is 13.3. The minimum atomic E-state index is -1.00. The van der Waals surface area contributed by atoms with E-state index in [-0.39, 0.29) is 17.5 Å². The molecule has 1 aliphatic heterocycles. The molecule has 4 atom stereocenters. The molecule has 0 amide bonds. The minimum Gasteiger partial charge on any atom is -0.478 e. The molecule has 152 valence electrons. The van der Waals surface area contributed by atoms with Crippen molar-refractivity contribution >= 4 is 17.9 Å². The SMILES string of the molecule is CC(=O)O[C@]12CCC(C)=CC[C@]13CC[C@H]2[C@](C)(/C=C/C=C(\C)C(=O)O)OC3=O. The molecule has 1 heterocycles. The van der Waals surface area contributed by atoms with Gasteiger partial charge in [0.2, 0.25) is 0 Å². The van der Waals surface area contributed by atoms with Gasteiger partial charge in [0.15, 0.2) is 0 Å². The number of carboxylic acids is 1. The van der Waals surface area contributed by atoms with E-state index in [0.29, 0.717) is 25.7 Å². The topological polar surface area (TPSA) is 89.9 Å². The van der Waals surface area contributed by atoms with Crippen LogP contribution in [0.2, 0.25) is 0 Å². The molecule has 0 aromatic heterocycles. The number of hydrogen-bond acceptors (Lipinski definition) is 5. The fourth-order valence-electron chi connectivity index (χ4n) is 5.25. The molecule has 1 saturated heterocycles. The van der Waals surface area contributed by atoms with Crippen molar-refractivity contribution in [2.75, 3.05) is 0 Å². The molecule has 2 bridgehead atoms. The van der Waals surface area contributed by atoms with Gasteiger partial charge >= 0.3 is 17.9 Å². The summed E-state index contributed by atoms with van der Waals surface area (Å²) in [6, 6.07) is 0. The summed E-state index contributed by atoms with van der Waals surface area (Å²) in [5.41, 5.74) is -1.35. The van der Waals surface area contributed by atoms with Crippen LogP contribution < -0.4 is 0 Å². The van der Waals surface area contributed by atoms with Crippen LogP contribution in [0.4, 0.5) is 0 Å². The van der Waals surface area contributed by atoms with E-state index in [4.69, 9.17) is 14.6 Å². The number of aliphatic carboxylic acids is 1. The lowest BCUT2D eigenvalue weighted by molar-refractivity contribution is -0.235. The number of ether oxygens (including phenoxy) is 2. The third-order valence-electron chi connectivity index (χ3n) is 6.75. The lowest BCUT2D eigenvalue weighted by Gasteiger charge is -2.54. The molecule has 1 N–H and O–H groups in total. The monoisotopic (exact) mass is 388 g/mol. The number of carbonyl (C=O) groups excluding carboxylic acids is 2. The van der Waals surface area contributed by atoms with Crippen molar-refractivity contribution in [1.29, 1.82) is 0 Å². The molecule has 28 heavy (non-hydrogen) atoms. The fraction of sp³-hybridized carbons (Fsp3) is 0.591. The van der Waals surface area contributed by atoms with E-state index in [1.807, 2.05) is 13.8 Å². The number of hydrogen-bond donors (Lipinski definition) is 1. The second-order valence-corrected chi connectivity index (χ2v) is 8.50. The number of carboxylic acid groups (broad SMARTS) is 1. The molecule has 0 aromatic rings. The molecule has 3 aliphatic rings. The summed E-state index contributed by atoms with van der Waals surface area (Å²) < 4.78 is 11.9. The molecule has 0 spiro atoms. The van der Waals surface area contributed by atoms with Gasteiger partial charge in [0, 0.05) is 18.4 Å². The van der Waals surface area contributed by atoms with Crippen LogP contribution in [0.15, 0.2) is 35.5 Å². The second kappa shape index (κ2) is 6.90. The highest BCUT2D eigenvalue weighted by Crippen LogP contribution is 2.65. The van der Waals surface area contributed by atoms with Crippen LogP contribution in [0.1, 0.15) is 59.8 Å². The van der Waals surface area contributed by atoms with Crippen LogP contribution in [-0.4, -0.2) is 34.2 Å². The second-order valence-electron chi connectivity index (χ2n) is 8.50. The van der Waals surface area contributed by atoms with Crippen LogP contribution in [0, 0.1) is 11.3 Å². The summed E-state index contributed by atoms with van der Waals surface area (Å²) in [5.74, 6) is -1.91. The van der Waals surface area contributed by atoms with Crippen LogP contribution in [0.5, 0.6) is 0 Å². The lowest BCUT2D eigenvalue weighted by atomic mass is 9.62. The van der Waals surface area contributed by atoms with Gasteiger partial charge in [-0.05, 0) is 59.0 Å². The normalized spacial score (nSPS) is 37.7. The van der Waals surface area contributed by atoms with Crippen LogP contribution in [-0.2, 0) is 23.9 Å². The first-order valence-corrected chi connectivity index (χ1v) is 9.74. The van der Waals surface area contributed by atoms with E-state index < -0.39 is 28.6 Å². The Hall–Kier alpha value is -2.37. The summed E-state index contributed by atoms with van der Waals surface area (Å²) >= 11 is 0. The molecule has 6 heteroatoms. The van der Waals surface area contributed by atoms with Crippen LogP contribution >= 0.6 is 0 Å². The van der Waals surface area contributed by atoms with Gasteiger partial charge in [0.1, 0.15) is 16.6 Å². The maximum Gasteiger partial charge on any atom is 0.331 e. The highest BCUT2D eigenvalue weighted by atomic mass is 16.6. The Labute approximate surface area is 165 Å². The Morgan fingerprint density at radius 1 is 1.32 bits per heavy atom. The van der Waals surface area contributed by atoms with Gasteiger partial charge in [-0.3, -0.25) is 9.59 Å². The van der Waals surface area contributed by atoms with Gasteiger partial charge < -0.3 is 14.6 Å². The molecule has 1 saturated carbocycles. The first-order chi connectivity index (χ1) is 13.1. The summed E-state index contributed by atoms with van der Waals surface area (Å²) in [5, 5.41) is 9.03. The number of carbonyl (C=O) groups is 3. The number of esters is 2. The van der Waals surface area contributed by atoms with Crippen molar-refractivity contribution in [3.8, 4) is 0 Å². The molecule has 3 rings (SSSR count). The van der Waals surface area contributed by atoms with E-state index in [1.165, 1.54) is 25.5 Å². The maximum atomic E-state index is 13.3. The van der Waals surface area contributed by atoms with Crippen molar-refractivity contribution in [2.24, 2.45) is 11.3 Å². The van der Waals surface area contributed by atoms with Gasteiger partial charge in [-0.15, -0.1) is 0 Å². The van der Waals surface area contributed by atoms with Crippen molar-refractivity contribution in [3.63, 3.8) is 0 Å². The molecule has 0 unspecified atom stereocenters. The third-order valence-corrected chi connectivity index (χ3v) is 6.75. The van der Waals surface area contributed by atoms with E-state index in [0.717, 1.165) is 6.42 Å². The van der Waals surface area contributed by atoms with Gasteiger partial charge in [0.25, 0.3) is 0 Å². The molecule has 2 fully saturated rings. The van der Waals surface area contributed by atoms with Gasteiger partial charge in [-0.2, -0.15) is 0 Å². The molecular weight excluding hydrogens is 360 g/mol.